The van der Waals surface area contributed by atoms with Crippen molar-refractivity contribution >= 4 is 30.9 Å². The van der Waals surface area contributed by atoms with Gasteiger partial charge in [0.15, 0.2) is 0 Å². The van der Waals surface area contributed by atoms with E-state index in [2.05, 4.69) is 56.7 Å². The van der Waals surface area contributed by atoms with Gasteiger partial charge in [-0.3, -0.25) is 0 Å². The van der Waals surface area contributed by atoms with Gasteiger partial charge in [-0.1, -0.05) is 19.6 Å². The molecule has 200 valence electrons. The zero-order valence-corrected chi connectivity index (χ0v) is 24.0. The Labute approximate surface area is 220 Å². The molecule has 10 heteroatoms. The molecule has 0 spiro atoms. The van der Waals surface area contributed by atoms with Gasteiger partial charge in [-0.2, -0.15) is 0 Å². The van der Waals surface area contributed by atoms with Crippen molar-refractivity contribution < 1.29 is 14.3 Å². The second-order valence-corrected chi connectivity index (χ2v) is 17.6. The number of ether oxygens (including phenoxy) is 2. The summed E-state index contributed by atoms with van der Waals surface area (Å²) in [6, 6.07) is 3.17. The molecular weight excluding hydrogens is 484 g/mol. The molecular formula is C27H40N6O3Si. The Bertz CT molecular complexity index is 1200. The summed E-state index contributed by atoms with van der Waals surface area (Å²) >= 11 is 0. The first-order valence-electron chi connectivity index (χ1n) is 13.1. The summed E-state index contributed by atoms with van der Waals surface area (Å²) in [4.78, 5) is 28.0. The Morgan fingerprint density at radius 2 is 1.97 bits per heavy atom. The Morgan fingerprint density at radius 1 is 1.22 bits per heavy atom. The number of hydrogen-bond acceptors (Lipinski definition) is 7. The maximum atomic E-state index is 12.4. The van der Waals surface area contributed by atoms with E-state index in [-0.39, 0.29) is 12.1 Å². The van der Waals surface area contributed by atoms with Crippen LogP contribution in [0, 0.1) is 0 Å². The number of carbonyl (C=O) groups is 1. The highest BCUT2D eigenvalue weighted by Crippen LogP contribution is 2.37. The number of alkyl carbamates (subject to hydrolysis) is 1. The van der Waals surface area contributed by atoms with E-state index in [9.17, 15) is 4.79 Å². The third-order valence-corrected chi connectivity index (χ3v) is 8.02. The Kier molecular flexibility index (Phi) is 8.18. The summed E-state index contributed by atoms with van der Waals surface area (Å²) in [5, 5.41) is 4.11. The van der Waals surface area contributed by atoms with Crippen LogP contribution in [0.5, 0.6) is 0 Å². The molecule has 0 aromatic carbocycles. The third kappa shape index (κ3) is 7.29. The molecule has 1 fully saturated rings. The maximum Gasteiger partial charge on any atom is 0.407 e. The van der Waals surface area contributed by atoms with E-state index in [0.29, 0.717) is 13.3 Å². The SMILES string of the molecule is CC(C)(C)OC(=O)N[C@@H]1CCCN(c2ccnc3c2c(-c2cncnc2)cn3COCC[Si](C)(C)C)C1. The molecule has 0 aliphatic carbocycles. The van der Waals surface area contributed by atoms with Crippen LogP contribution in [0.25, 0.3) is 22.2 Å². The summed E-state index contributed by atoms with van der Waals surface area (Å²) in [7, 11) is -1.17. The van der Waals surface area contributed by atoms with E-state index in [1.165, 1.54) is 0 Å². The molecule has 3 aromatic rings. The lowest BCUT2D eigenvalue weighted by atomic mass is 10.0. The number of anilines is 1. The zero-order valence-electron chi connectivity index (χ0n) is 23.0. The lowest BCUT2D eigenvalue weighted by Gasteiger charge is -2.35. The quantitative estimate of drug-likeness (QED) is 0.316. The van der Waals surface area contributed by atoms with Crippen LogP contribution < -0.4 is 10.2 Å². The van der Waals surface area contributed by atoms with E-state index in [1.54, 1.807) is 6.33 Å². The van der Waals surface area contributed by atoms with Crippen molar-refractivity contribution in [1.29, 1.82) is 0 Å². The Morgan fingerprint density at radius 3 is 2.68 bits per heavy atom. The van der Waals surface area contributed by atoms with Gasteiger partial charge < -0.3 is 24.3 Å². The minimum Gasteiger partial charge on any atom is -0.444 e. The van der Waals surface area contributed by atoms with Crippen LogP contribution in [0.3, 0.4) is 0 Å². The van der Waals surface area contributed by atoms with Crippen molar-refractivity contribution in [2.75, 3.05) is 24.6 Å². The molecule has 0 radical (unpaired) electrons. The molecule has 1 N–H and O–H groups in total. The molecule has 4 rings (SSSR count). The van der Waals surface area contributed by atoms with Crippen molar-refractivity contribution in [2.45, 2.75) is 77.7 Å². The number of rotatable bonds is 8. The van der Waals surface area contributed by atoms with Crippen LogP contribution in [0.1, 0.15) is 33.6 Å². The fourth-order valence-electron chi connectivity index (χ4n) is 4.55. The number of pyridine rings is 1. The number of carbonyl (C=O) groups excluding carboxylic acids is 1. The largest absolute Gasteiger partial charge is 0.444 e. The average Bonchev–Trinajstić information content (AvgIpc) is 3.19. The normalized spacial score (nSPS) is 16.7. The smallest absolute Gasteiger partial charge is 0.407 e. The van der Waals surface area contributed by atoms with Gasteiger partial charge in [0.05, 0.1) is 11.1 Å². The fraction of sp³-hybridized carbons (Fsp3) is 0.556. The highest BCUT2D eigenvalue weighted by molar-refractivity contribution is 6.76. The standard InChI is InChI=1S/C27H40N6O3Si/c1-27(2,3)36-26(34)31-21-8-7-11-32(16-21)23-9-10-30-25-24(23)22(20-14-28-18-29-15-20)17-33(25)19-35-12-13-37(4,5)6/h9-10,14-15,17-18,21H,7-8,11-13,16,19H2,1-6H3,(H,31,34)/t21-/m1/s1. The number of hydrogen-bond donors (Lipinski definition) is 1. The highest BCUT2D eigenvalue weighted by Gasteiger charge is 2.27. The van der Waals surface area contributed by atoms with Crippen molar-refractivity contribution in [3.63, 3.8) is 0 Å². The minimum atomic E-state index is -1.17. The number of fused-ring (bicyclic) bond motifs is 1. The number of aromatic nitrogens is 4. The summed E-state index contributed by atoms with van der Waals surface area (Å²) < 4.78 is 13.7. The van der Waals surface area contributed by atoms with Crippen molar-refractivity contribution in [3.05, 3.63) is 37.2 Å². The number of nitrogens with one attached hydrogen (secondary N) is 1. The molecule has 0 bridgehead atoms. The lowest BCUT2D eigenvalue weighted by molar-refractivity contribution is 0.0500. The van der Waals surface area contributed by atoms with Gasteiger partial charge in [0, 0.05) is 69.7 Å². The number of piperidine rings is 1. The fourth-order valence-corrected chi connectivity index (χ4v) is 5.30. The molecule has 4 heterocycles. The molecule has 1 amide bonds. The summed E-state index contributed by atoms with van der Waals surface area (Å²) in [5.74, 6) is 0. The van der Waals surface area contributed by atoms with E-state index < -0.39 is 13.7 Å². The first-order chi connectivity index (χ1) is 17.5. The minimum absolute atomic E-state index is 0.00214. The van der Waals surface area contributed by atoms with E-state index in [1.807, 2.05) is 39.4 Å². The first-order valence-corrected chi connectivity index (χ1v) is 16.8. The summed E-state index contributed by atoms with van der Waals surface area (Å²) in [6.45, 7) is 15.5. The topological polar surface area (TPSA) is 94.4 Å². The molecule has 3 aromatic heterocycles. The lowest BCUT2D eigenvalue weighted by Crippen LogP contribution is -2.49. The third-order valence-electron chi connectivity index (χ3n) is 6.32. The first kappa shape index (κ1) is 27.1. The van der Waals surface area contributed by atoms with Crippen LogP contribution >= 0.6 is 0 Å². The van der Waals surface area contributed by atoms with Gasteiger partial charge in [0.1, 0.15) is 24.3 Å². The zero-order chi connectivity index (χ0) is 26.6. The van der Waals surface area contributed by atoms with Gasteiger partial charge in [0.2, 0.25) is 0 Å². The second kappa shape index (κ2) is 11.2. The van der Waals surface area contributed by atoms with Gasteiger partial charge in [0.25, 0.3) is 0 Å². The Hall–Kier alpha value is -2.98. The summed E-state index contributed by atoms with van der Waals surface area (Å²) in [6.07, 6.45) is 10.7. The monoisotopic (exact) mass is 524 g/mol. The van der Waals surface area contributed by atoms with E-state index in [0.717, 1.165) is 59.9 Å². The van der Waals surface area contributed by atoms with Gasteiger partial charge >= 0.3 is 6.09 Å². The molecule has 9 nitrogen and oxygen atoms in total. The molecule has 0 unspecified atom stereocenters. The molecule has 1 atom stereocenters. The van der Waals surface area contributed by atoms with E-state index >= 15 is 0 Å². The second-order valence-electron chi connectivity index (χ2n) is 11.9. The molecule has 1 aliphatic heterocycles. The maximum absolute atomic E-state index is 12.4. The van der Waals surface area contributed by atoms with Gasteiger partial charge in [-0.25, -0.2) is 19.7 Å². The summed E-state index contributed by atoms with van der Waals surface area (Å²) in [5.41, 5.74) is 3.38. The number of nitrogens with zero attached hydrogens (tertiary/aromatic N) is 5. The molecule has 0 saturated carbocycles. The van der Waals surface area contributed by atoms with Crippen molar-refractivity contribution in [1.82, 2.24) is 24.8 Å². The Balaban J connectivity index is 1.62. The van der Waals surface area contributed by atoms with Crippen LogP contribution in [0.2, 0.25) is 25.7 Å². The molecule has 1 aliphatic rings. The van der Waals surface area contributed by atoms with Crippen LogP contribution in [-0.2, 0) is 16.2 Å². The molecule has 1 saturated heterocycles. The van der Waals surface area contributed by atoms with Gasteiger partial charge in [-0.05, 0) is 45.7 Å². The van der Waals surface area contributed by atoms with Gasteiger partial charge in [-0.15, -0.1) is 0 Å². The van der Waals surface area contributed by atoms with Crippen molar-refractivity contribution in [3.8, 4) is 11.1 Å². The van der Waals surface area contributed by atoms with E-state index in [4.69, 9.17) is 14.5 Å². The number of amides is 1. The highest BCUT2D eigenvalue weighted by atomic mass is 28.3. The predicted octanol–water partition coefficient (Wildman–Crippen LogP) is 5.30. The van der Waals surface area contributed by atoms with Crippen molar-refractivity contribution in [2.24, 2.45) is 0 Å². The van der Waals surface area contributed by atoms with Crippen LogP contribution in [-0.4, -0.2) is 65.0 Å². The average molecular weight is 525 g/mol. The molecule has 37 heavy (non-hydrogen) atoms. The van der Waals surface area contributed by atoms with Crippen LogP contribution in [0.4, 0.5) is 10.5 Å². The van der Waals surface area contributed by atoms with Crippen LogP contribution in [0.15, 0.2) is 37.2 Å². The predicted molar refractivity (Wildman–Crippen MR) is 149 cm³/mol.